The molecule has 1 unspecified atom stereocenters. The number of carbonyl (C=O) groups is 1. The lowest BCUT2D eigenvalue weighted by Gasteiger charge is -2.11. The lowest BCUT2D eigenvalue weighted by atomic mass is 9.93. The fourth-order valence-corrected chi connectivity index (χ4v) is 2.49. The van der Waals surface area contributed by atoms with E-state index in [1.165, 1.54) is 0 Å². The minimum Gasteiger partial charge on any atom is -0.294 e. The van der Waals surface area contributed by atoms with E-state index in [9.17, 15) is 4.79 Å². The number of benzene rings is 1. The quantitative estimate of drug-likeness (QED) is 0.611. The van der Waals surface area contributed by atoms with Crippen LogP contribution in [0.1, 0.15) is 22.8 Å². The van der Waals surface area contributed by atoms with Crippen molar-refractivity contribution < 1.29 is 4.79 Å². The molecule has 0 N–H and O–H groups in total. The summed E-state index contributed by atoms with van der Waals surface area (Å²) in [5.74, 6) is 0.168. The van der Waals surface area contributed by atoms with Gasteiger partial charge in [-0.2, -0.15) is 0 Å². The van der Waals surface area contributed by atoms with Gasteiger partial charge < -0.3 is 0 Å². The highest BCUT2D eigenvalue weighted by molar-refractivity contribution is 7.98. The predicted octanol–water partition coefficient (Wildman–Crippen LogP) is 3.87. The number of hydrogen-bond donors (Lipinski definition) is 0. The van der Waals surface area contributed by atoms with Crippen molar-refractivity contribution in [2.24, 2.45) is 5.92 Å². The molecule has 19 heavy (non-hydrogen) atoms. The first-order chi connectivity index (χ1) is 9.20. The molecule has 2 nitrogen and oxygen atoms in total. The highest BCUT2D eigenvalue weighted by Gasteiger charge is 2.16. The molecule has 1 aromatic carbocycles. The zero-order chi connectivity index (χ0) is 13.7. The fraction of sp³-hybridized carbons (Fsp3) is 0.250. The van der Waals surface area contributed by atoms with Crippen molar-refractivity contribution in [2.75, 3.05) is 6.26 Å². The summed E-state index contributed by atoms with van der Waals surface area (Å²) in [7, 11) is 0. The van der Waals surface area contributed by atoms with Crippen molar-refractivity contribution in [3.05, 3.63) is 59.9 Å². The van der Waals surface area contributed by atoms with Crippen LogP contribution in [0, 0.1) is 5.92 Å². The molecule has 1 aromatic heterocycles. The van der Waals surface area contributed by atoms with E-state index >= 15 is 0 Å². The van der Waals surface area contributed by atoms with Crippen LogP contribution in [0.2, 0.25) is 0 Å². The molecule has 3 heteroatoms. The molecule has 98 valence electrons. The summed E-state index contributed by atoms with van der Waals surface area (Å²) < 4.78 is 0. The maximum atomic E-state index is 12.4. The third kappa shape index (κ3) is 3.67. The molecule has 0 amide bonds. The van der Waals surface area contributed by atoms with E-state index in [1.807, 2.05) is 55.8 Å². The Kier molecular flexibility index (Phi) is 4.74. The van der Waals surface area contributed by atoms with E-state index in [2.05, 4.69) is 4.98 Å². The van der Waals surface area contributed by atoms with Crippen LogP contribution < -0.4 is 0 Å². The van der Waals surface area contributed by atoms with Crippen molar-refractivity contribution >= 4 is 17.5 Å². The molecule has 0 aliphatic rings. The fourth-order valence-electron chi connectivity index (χ4n) is 2.03. The van der Waals surface area contributed by atoms with Crippen molar-refractivity contribution in [1.82, 2.24) is 4.98 Å². The van der Waals surface area contributed by atoms with E-state index in [1.54, 1.807) is 18.0 Å². The summed E-state index contributed by atoms with van der Waals surface area (Å²) in [5, 5.41) is 0. The van der Waals surface area contributed by atoms with Crippen molar-refractivity contribution in [3.8, 4) is 0 Å². The Labute approximate surface area is 118 Å². The van der Waals surface area contributed by atoms with E-state index in [0.717, 1.165) is 22.4 Å². The first kappa shape index (κ1) is 13.8. The van der Waals surface area contributed by atoms with Gasteiger partial charge in [0.25, 0.3) is 0 Å². The average Bonchev–Trinajstić information content (AvgIpc) is 2.47. The number of aromatic nitrogens is 1. The van der Waals surface area contributed by atoms with Crippen molar-refractivity contribution in [2.45, 2.75) is 18.2 Å². The van der Waals surface area contributed by atoms with Crippen LogP contribution >= 0.6 is 11.8 Å². The Bertz CT molecular complexity index is 554. The maximum Gasteiger partial charge on any atom is 0.166 e. The number of rotatable bonds is 5. The molecule has 0 bridgehead atoms. The summed E-state index contributed by atoms with van der Waals surface area (Å²) in [6.45, 7) is 1.97. The van der Waals surface area contributed by atoms with Gasteiger partial charge in [0.15, 0.2) is 5.78 Å². The lowest BCUT2D eigenvalue weighted by Crippen LogP contribution is -2.14. The Hall–Kier alpha value is -1.61. The van der Waals surface area contributed by atoms with Gasteiger partial charge in [0, 0.05) is 28.8 Å². The molecule has 1 atom stereocenters. The number of ketones is 1. The normalized spacial score (nSPS) is 12.1. The van der Waals surface area contributed by atoms with Gasteiger partial charge in [-0.3, -0.25) is 9.78 Å². The molecule has 0 saturated carbocycles. The van der Waals surface area contributed by atoms with E-state index in [0.29, 0.717) is 0 Å². The summed E-state index contributed by atoms with van der Waals surface area (Å²) in [6, 6.07) is 11.7. The summed E-state index contributed by atoms with van der Waals surface area (Å²) in [6.07, 6.45) is 6.32. The van der Waals surface area contributed by atoms with Gasteiger partial charge in [0.1, 0.15) is 0 Å². The standard InChI is InChI=1S/C16H17NOS/c1-12(9-13-5-4-8-17-11-13)16(18)14-6-3-7-15(10-14)19-2/h3-8,10-12H,9H2,1-2H3. The zero-order valence-electron chi connectivity index (χ0n) is 11.2. The second-order valence-electron chi connectivity index (χ2n) is 4.56. The summed E-state index contributed by atoms with van der Waals surface area (Å²) in [5.41, 5.74) is 1.90. The molecule has 2 rings (SSSR count). The van der Waals surface area contributed by atoms with E-state index in [-0.39, 0.29) is 11.7 Å². The van der Waals surface area contributed by atoms with Crippen molar-refractivity contribution in [1.29, 1.82) is 0 Å². The van der Waals surface area contributed by atoms with Gasteiger partial charge in [-0.1, -0.05) is 25.1 Å². The molecule has 2 aromatic rings. The minimum atomic E-state index is -0.0266. The van der Waals surface area contributed by atoms with Crippen molar-refractivity contribution in [3.63, 3.8) is 0 Å². The molecule has 0 aliphatic carbocycles. The van der Waals surface area contributed by atoms with Crippen LogP contribution in [-0.4, -0.2) is 17.0 Å². The molecule has 0 saturated heterocycles. The number of carbonyl (C=O) groups excluding carboxylic acids is 1. The first-order valence-corrected chi connectivity index (χ1v) is 7.50. The van der Waals surface area contributed by atoms with Crippen LogP contribution in [-0.2, 0) is 6.42 Å². The molecular formula is C16H17NOS. The second-order valence-corrected chi connectivity index (χ2v) is 5.44. The molecular weight excluding hydrogens is 254 g/mol. The Morgan fingerprint density at radius 2 is 2.16 bits per heavy atom. The molecule has 0 fully saturated rings. The topological polar surface area (TPSA) is 30.0 Å². The number of thioether (sulfide) groups is 1. The molecule has 0 aliphatic heterocycles. The van der Waals surface area contributed by atoms with Crippen LogP contribution in [0.4, 0.5) is 0 Å². The number of hydrogen-bond acceptors (Lipinski definition) is 3. The Morgan fingerprint density at radius 1 is 1.32 bits per heavy atom. The van der Waals surface area contributed by atoms with Crippen LogP contribution in [0.3, 0.4) is 0 Å². The van der Waals surface area contributed by atoms with Crippen LogP contribution in [0.25, 0.3) is 0 Å². The first-order valence-electron chi connectivity index (χ1n) is 6.28. The highest BCUT2D eigenvalue weighted by Crippen LogP contribution is 2.19. The highest BCUT2D eigenvalue weighted by atomic mass is 32.2. The van der Waals surface area contributed by atoms with Gasteiger partial charge >= 0.3 is 0 Å². The number of nitrogens with zero attached hydrogens (tertiary/aromatic N) is 1. The predicted molar refractivity (Wildman–Crippen MR) is 79.7 cm³/mol. The largest absolute Gasteiger partial charge is 0.294 e. The van der Waals surface area contributed by atoms with Crippen LogP contribution in [0.5, 0.6) is 0 Å². The third-order valence-electron chi connectivity index (χ3n) is 3.07. The number of Topliss-reactive ketones (excluding diaryl/α,β-unsaturated/α-hetero) is 1. The van der Waals surface area contributed by atoms with Gasteiger partial charge in [-0.15, -0.1) is 11.8 Å². The summed E-state index contributed by atoms with van der Waals surface area (Å²) >= 11 is 1.65. The average molecular weight is 271 g/mol. The number of pyridine rings is 1. The van der Waals surface area contributed by atoms with Gasteiger partial charge in [0.2, 0.25) is 0 Å². The smallest absolute Gasteiger partial charge is 0.166 e. The minimum absolute atomic E-state index is 0.0266. The monoisotopic (exact) mass is 271 g/mol. The molecule has 1 heterocycles. The summed E-state index contributed by atoms with van der Waals surface area (Å²) in [4.78, 5) is 17.6. The lowest BCUT2D eigenvalue weighted by molar-refractivity contribution is 0.0929. The van der Waals surface area contributed by atoms with E-state index in [4.69, 9.17) is 0 Å². The van der Waals surface area contributed by atoms with E-state index < -0.39 is 0 Å². The Balaban J connectivity index is 2.10. The van der Waals surface area contributed by atoms with Gasteiger partial charge in [-0.05, 0) is 36.4 Å². The maximum absolute atomic E-state index is 12.4. The van der Waals surface area contributed by atoms with Gasteiger partial charge in [0.05, 0.1) is 0 Å². The molecule has 0 spiro atoms. The second kappa shape index (κ2) is 6.53. The Morgan fingerprint density at radius 3 is 2.84 bits per heavy atom. The zero-order valence-corrected chi connectivity index (χ0v) is 12.0. The SMILES string of the molecule is CSc1cccc(C(=O)C(C)Cc2cccnc2)c1. The van der Waals surface area contributed by atoms with Gasteiger partial charge in [-0.25, -0.2) is 0 Å². The molecule has 0 radical (unpaired) electrons. The third-order valence-corrected chi connectivity index (χ3v) is 3.79. The van der Waals surface area contributed by atoms with Crippen LogP contribution in [0.15, 0.2) is 53.7 Å².